The van der Waals surface area contributed by atoms with Crippen molar-refractivity contribution >= 4 is 26.7 Å². The Morgan fingerprint density at radius 3 is 2.45 bits per heavy atom. The lowest BCUT2D eigenvalue weighted by molar-refractivity contribution is -0.122. The van der Waals surface area contributed by atoms with Crippen LogP contribution in [0.4, 0.5) is 0 Å². The van der Waals surface area contributed by atoms with E-state index >= 15 is 0 Å². The molecule has 6 rings (SSSR count). The van der Waals surface area contributed by atoms with Crippen LogP contribution in [0.1, 0.15) is 60.9 Å². The molecule has 2 aliphatic rings. The second kappa shape index (κ2) is 12.7. The number of hydrogen-bond acceptors (Lipinski definition) is 5. The predicted octanol–water partition coefficient (Wildman–Crippen LogP) is 5.88. The Balaban J connectivity index is 1.19. The van der Waals surface area contributed by atoms with Gasteiger partial charge in [0.2, 0.25) is 15.9 Å². The van der Waals surface area contributed by atoms with Crippen LogP contribution in [-0.2, 0) is 21.4 Å². The fourth-order valence-electron chi connectivity index (χ4n) is 6.06. The fourth-order valence-corrected chi connectivity index (χ4v) is 7.32. The number of piperidine rings is 1. The molecule has 7 nitrogen and oxygen atoms in total. The van der Waals surface area contributed by atoms with E-state index in [0.717, 1.165) is 52.8 Å². The first kappa shape index (κ1) is 28.4. The molecule has 218 valence electrons. The Kier molecular flexibility index (Phi) is 8.55. The maximum absolute atomic E-state index is 13.5. The van der Waals surface area contributed by atoms with Gasteiger partial charge in [-0.05, 0) is 54.4 Å². The monoisotopic (exact) mass is 583 g/mol. The van der Waals surface area contributed by atoms with Crippen molar-refractivity contribution < 1.29 is 17.9 Å². The number of benzene rings is 4. The van der Waals surface area contributed by atoms with Gasteiger partial charge in [-0.3, -0.25) is 9.69 Å². The average Bonchev–Trinajstić information content (AvgIpc) is 3.02. The van der Waals surface area contributed by atoms with Gasteiger partial charge in [-0.25, -0.2) is 13.1 Å². The highest BCUT2D eigenvalue weighted by Crippen LogP contribution is 2.36. The molecule has 1 unspecified atom stereocenters. The van der Waals surface area contributed by atoms with E-state index in [9.17, 15) is 13.2 Å². The van der Waals surface area contributed by atoms with Crippen LogP contribution < -0.4 is 14.8 Å². The molecule has 42 heavy (non-hydrogen) atoms. The average molecular weight is 584 g/mol. The molecule has 0 aromatic heterocycles. The van der Waals surface area contributed by atoms with Crippen molar-refractivity contribution in [1.82, 2.24) is 14.9 Å². The molecule has 1 saturated heterocycles. The third-order valence-corrected chi connectivity index (χ3v) is 9.72. The van der Waals surface area contributed by atoms with Gasteiger partial charge in [0, 0.05) is 30.5 Å². The number of nitrogens with one attached hydrogen (secondary N) is 2. The zero-order valence-corrected chi connectivity index (χ0v) is 24.5. The van der Waals surface area contributed by atoms with E-state index < -0.39 is 16.1 Å². The summed E-state index contributed by atoms with van der Waals surface area (Å²) in [6.07, 6.45) is 4.36. The minimum absolute atomic E-state index is 0.0308. The van der Waals surface area contributed by atoms with Gasteiger partial charge in [-0.1, -0.05) is 85.3 Å². The summed E-state index contributed by atoms with van der Waals surface area (Å²) in [7, 11) is -3.90. The number of nitrogens with zero attached hydrogens (tertiary/aromatic N) is 1. The number of likely N-dealkylation sites (tertiary alicyclic amines) is 1. The number of ether oxygens (including phenoxy) is 1. The largest absolute Gasteiger partial charge is 0.493 e. The smallest absolute Gasteiger partial charge is 0.241 e. The van der Waals surface area contributed by atoms with Gasteiger partial charge in [0.1, 0.15) is 5.75 Å². The minimum Gasteiger partial charge on any atom is -0.493 e. The zero-order chi connectivity index (χ0) is 28.9. The SMILES string of the molecule is O=C(C[C@@H](NS(=O)(=O)c1ccc2ccccc2c1)c1ccccc1)NC1CCOc2c(CN3CCCCC3)cccc21. The summed E-state index contributed by atoms with van der Waals surface area (Å²) in [6, 6.07) is 27.2. The van der Waals surface area contributed by atoms with E-state index in [-0.39, 0.29) is 23.3 Å². The van der Waals surface area contributed by atoms with Gasteiger partial charge in [0.15, 0.2) is 0 Å². The first-order valence-corrected chi connectivity index (χ1v) is 16.3. The molecule has 1 fully saturated rings. The van der Waals surface area contributed by atoms with Gasteiger partial charge < -0.3 is 10.1 Å². The van der Waals surface area contributed by atoms with E-state index in [0.29, 0.717) is 13.0 Å². The Hall–Kier alpha value is -3.72. The number of rotatable bonds is 9. The summed E-state index contributed by atoms with van der Waals surface area (Å²) in [5.74, 6) is 0.653. The van der Waals surface area contributed by atoms with Gasteiger partial charge in [-0.15, -0.1) is 0 Å². The number of hydrogen-bond donors (Lipinski definition) is 2. The number of carbonyl (C=O) groups excluding carboxylic acids is 1. The van der Waals surface area contributed by atoms with E-state index in [2.05, 4.69) is 21.0 Å². The van der Waals surface area contributed by atoms with Crippen LogP contribution in [0.15, 0.2) is 95.9 Å². The summed E-state index contributed by atoms with van der Waals surface area (Å²) >= 11 is 0. The number of fused-ring (bicyclic) bond motifs is 2. The Morgan fingerprint density at radius 1 is 0.881 bits per heavy atom. The molecule has 0 bridgehead atoms. The summed E-state index contributed by atoms with van der Waals surface area (Å²) in [6.45, 7) is 3.56. The minimum atomic E-state index is -3.90. The first-order valence-electron chi connectivity index (χ1n) is 14.8. The fraction of sp³-hybridized carbons (Fsp3) is 0.324. The molecule has 0 radical (unpaired) electrons. The van der Waals surface area contributed by atoms with Crippen LogP contribution in [0.25, 0.3) is 10.8 Å². The normalized spacial score (nSPS) is 18.1. The maximum Gasteiger partial charge on any atom is 0.241 e. The second-order valence-corrected chi connectivity index (χ2v) is 12.9. The van der Waals surface area contributed by atoms with Crippen LogP contribution in [-0.4, -0.2) is 38.9 Å². The van der Waals surface area contributed by atoms with E-state index in [1.807, 2.05) is 66.7 Å². The van der Waals surface area contributed by atoms with E-state index in [4.69, 9.17) is 4.74 Å². The topological polar surface area (TPSA) is 87.7 Å². The predicted molar refractivity (Wildman–Crippen MR) is 165 cm³/mol. The summed E-state index contributed by atoms with van der Waals surface area (Å²) < 4.78 is 36.0. The molecule has 4 aromatic carbocycles. The lowest BCUT2D eigenvalue weighted by Gasteiger charge is -2.31. The Bertz CT molecular complexity index is 1650. The molecule has 0 spiro atoms. The molecule has 2 aliphatic heterocycles. The van der Waals surface area contributed by atoms with Crippen LogP contribution in [0.3, 0.4) is 0 Å². The third-order valence-electron chi connectivity index (χ3n) is 8.25. The summed E-state index contributed by atoms with van der Waals surface area (Å²) in [5.41, 5.74) is 2.86. The quantitative estimate of drug-likeness (QED) is 0.257. The van der Waals surface area contributed by atoms with Crippen LogP contribution in [0.5, 0.6) is 5.75 Å². The number of para-hydroxylation sites is 1. The van der Waals surface area contributed by atoms with Crippen molar-refractivity contribution in [3.63, 3.8) is 0 Å². The van der Waals surface area contributed by atoms with Gasteiger partial charge in [-0.2, -0.15) is 0 Å². The molecule has 2 N–H and O–H groups in total. The lowest BCUT2D eigenvalue weighted by Crippen LogP contribution is -2.37. The van der Waals surface area contributed by atoms with E-state index in [1.54, 1.807) is 18.2 Å². The van der Waals surface area contributed by atoms with Crippen LogP contribution in [0, 0.1) is 0 Å². The summed E-state index contributed by atoms with van der Waals surface area (Å²) in [5, 5.41) is 4.99. The highest BCUT2D eigenvalue weighted by Gasteiger charge is 2.29. The molecular formula is C34H37N3O4S. The lowest BCUT2D eigenvalue weighted by atomic mass is 9.96. The van der Waals surface area contributed by atoms with Crippen molar-refractivity contribution in [2.45, 2.75) is 55.6 Å². The van der Waals surface area contributed by atoms with Gasteiger partial charge in [0.25, 0.3) is 0 Å². The highest BCUT2D eigenvalue weighted by atomic mass is 32.2. The van der Waals surface area contributed by atoms with Crippen molar-refractivity contribution in [1.29, 1.82) is 0 Å². The Labute approximate surface area is 247 Å². The first-order chi connectivity index (χ1) is 20.5. The zero-order valence-electron chi connectivity index (χ0n) is 23.7. The standard InChI is InChI=1S/C34H37N3O4S/c38-33(35-31-18-21-41-34-28(14-9-15-30(31)34)24-37-19-7-2-8-20-37)23-32(26-11-3-1-4-12-26)36-42(39,40)29-17-16-25-10-5-6-13-27(25)22-29/h1,3-6,9-17,22,31-32,36H,2,7-8,18-21,23-24H2,(H,35,38)/t31?,32-/m1/s1. The van der Waals surface area contributed by atoms with E-state index in [1.165, 1.54) is 19.3 Å². The highest BCUT2D eigenvalue weighted by molar-refractivity contribution is 7.89. The van der Waals surface area contributed by atoms with Gasteiger partial charge in [0.05, 0.1) is 23.6 Å². The van der Waals surface area contributed by atoms with Crippen molar-refractivity contribution in [2.24, 2.45) is 0 Å². The Morgan fingerprint density at radius 2 is 1.64 bits per heavy atom. The molecule has 0 aliphatic carbocycles. The molecule has 0 saturated carbocycles. The maximum atomic E-state index is 13.5. The third kappa shape index (κ3) is 6.51. The summed E-state index contributed by atoms with van der Waals surface area (Å²) in [4.78, 5) is 16.1. The van der Waals surface area contributed by atoms with Crippen LogP contribution >= 0.6 is 0 Å². The van der Waals surface area contributed by atoms with Crippen molar-refractivity contribution in [3.05, 3.63) is 108 Å². The van der Waals surface area contributed by atoms with Crippen molar-refractivity contribution in [2.75, 3.05) is 19.7 Å². The van der Waals surface area contributed by atoms with Crippen molar-refractivity contribution in [3.8, 4) is 5.75 Å². The molecule has 8 heteroatoms. The number of sulfonamides is 1. The number of carbonyl (C=O) groups is 1. The van der Waals surface area contributed by atoms with Gasteiger partial charge >= 0.3 is 0 Å². The molecule has 2 atom stereocenters. The van der Waals surface area contributed by atoms with Crippen LogP contribution in [0.2, 0.25) is 0 Å². The molecule has 2 heterocycles. The molecule has 1 amide bonds. The molecule has 4 aromatic rings. The second-order valence-electron chi connectivity index (χ2n) is 11.2. The molecular weight excluding hydrogens is 546 g/mol. The number of amides is 1.